The molecule has 0 aliphatic heterocycles. The van der Waals surface area contributed by atoms with E-state index in [-0.39, 0.29) is 5.91 Å². The van der Waals surface area contributed by atoms with Crippen LogP contribution in [0.4, 0.5) is 0 Å². The van der Waals surface area contributed by atoms with Gasteiger partial charge in [0.25, 0.3) is 0 Å². The molecule has 2 saturated carbocycles. The summed E-state index contributed by atoms with van der Waals surface area (Å²) in [6, 6.07) is 5.62. The summed E-state index contributed by atoms with van der Waals surface area (Å²) in [6.45, 7) is 0. The fourth-order valence-electron chi connectivity index (χ4n) is 3.45. The van der Waals surface area contributed by atoms with Crippen LogP contribution in [0.3, 0.4) is 0 Å². The van der Waals surface area contributed by atoms with E-state index in [1.807, 2.05) is 6.07 Å². The molecule has 1 amide bonds. The Balaban J connectivity index is 1.59. The number of halogens is 2. The molecule has 2 fully saturated rings. The Labute approximate surface area is 129 Å². The zero-order valence-electron chi connectivity index (χ0n) is 11.1. The van der Waals surface area contributed by atoms with Gasteiger partial charge in [-0.05, 0) is 54.9 Å². The molecule has 2 bridgehead atoms. The molecule has 2 nitrogen and oxygen atoms in total. The molecule has 0 heterocycles. The molecule has 1 aromatic rings. The van der Waals surface area contributed by atoms with Gasteiger partial charge in [0, 0.05) is 22.2 Å². The summed E-state index contributed by atoms with van der Waals surface area (Å²) in [7, 11) is 0. The molecule has 106 valence electrons. The van der Waals surface area contributed by atoms with Crippen LogP contribution in [0.5, 0.6) is 0 Å². The normalized spacial score (nSPS) is 28.2. The smallest absolute Gasteiger partial charge is 0.244 e. The first-order valence-corrected chi connectivity index (χ1v) is 7.81. The fourth-order valence-corrected chi connectivity index (χ4v) is 3.93. The summed E-state index contributed by atoms with van der Waals surface area (Å²) >= 11 is 11.9. The van der Waals surface area contributed by atoms with Gasteiger partial charge in [0.05, 0.1) is 0 Å². The van der Waals surface area contributed by atoms with Gasteiger partial charge in [-0.2, -0.15) is 0 Å². The van der Waals surface area contributed by atoms with Crippen LogP contribution in [0, 0.1) is 11.8 Å². The van der Waals surface area contributed by atoms with Gasteiger partial charge >= 0.3 is 0 Å². The molecule has 3 rings (SSSR count). The van der Waals surface area contributed by atoms with Crippen LogP contribution in [-0.2, 0) is 4.79 Å². The monoisotopic (exact) mass is 309 g/mol. The second-order valence-electron chi connectivity index (χ2n) is 5.79. The molecule has 0 unspecified atom stereocenters. The molecule has 3 atom stereocenters. The second-order valence-corrected chi connectivity index (χ2v) is 6.63. The summed E-state index contributed by atoms with van der Waals surface area (Å²) < 4.78 is 0. The lowest BCUT2D eigenvalue weighted by Crippen LogP contribution is -2.37. The molecule has 2 aliphatic carbocycles. The summed E-state index contributed by atoms with van der Waals surface area (Å²) in [4.78, 5) is 12.0. The first-order valence-electron chi connectivity index (χ1n) is 7.05. The highest BCUT2D eigenvalue weighted by molar-refractivity contribution is 6.35. The minimum absolute atomic E-state index is 0.0337. The Morgan fingerprint density at radius 3 is 2.75 bits per heavy atom. The van der Waals surface area contributed by atoms with Crippen molar-refractivity contribution in [3.05, 3.63) is 39.9 Å². The first-order chi connectivity index (χ1) is 9.61. The molecule has 1 N–H and O–H groups in total. The minimum Gasteiger partial charge on any atom is -0.350 e. The average molecular weight is 310 g/mol. The lowest BCUT2D eigenvalue weighted by Gasteiger charge is -2.22. The van der Waals surface area contributed by atoms with Gasteiger partial charge in [-0.15, -0.1) is 0 Å². The van der Waals surface area contributed by atoms with Crippen molar-refractivity contribution in [1.29, 1.82) is 0 Å². The standard InChI is InChI=1S/C16H17Cl2NO/c17-13-5-3-11(14(18)9-13)4-6-16(20)19-15-8-10-1-2-12(15)7-10/h3-6,9-10,12,15H,1-2,7-8H2,(H,19,20)/b6-4+/t10-,12+,15-/m0/s1. The number of amides is 1. The Bertz CT molecular complexity index is 555. The molecule has 20 heavy (non-hydrogen) atoms. The zero-order chi connectivity index (χ0) is 14.1. The van der Waals surface area contributed by atoms with Gasteiger partial charge in [0.15, 0.2) is 0 Å². The number of hydrogen-bond acceptors (Lipinski definition) is 1. The summed E-state index contributed by atoms with van der Waals surface area (Å²) in [5.74, 6) is 1.49. The maximum absolute atomic E-state index is 12.0. The third-order valence-corrected chi connectivity index (χ3v) is 5.00. The lowest BCUT2D eigenvalue weighted by molar-refractivity contribution is -0.117. The number of benzene rings is 1. The molecule has 0 aromatic heterocycles. The maximum atomic E-state index is 12.0. The Morgan fingerprint density at radius 2 is 2.10 bits per heavy atom. The van der Waals surface area contributed by atoms with Crippen LogP contribution < -0.4 is 5.32 Å². The van der Waals surface area contributed by atoms with Gasteiger partial charge in [-0.25, -0.2) is 0 Å². The summed E-state index contributed by atoms with van der Waals surface area (Å²) in [6.07, 6.45) is 8.33. The summed E-state index contributed by atoms with van der Waals surface area (Å²) in [5.41, 5.74) is 0.805. The molecule has 0 saturated heterocycles. The molecule has 0 radical (unpaired) electrons. The highest BCUT2D eigenvalue weighted by Crippen LogP contribution is 2.44. The molecule has 0 spiro atoms. The van der Waals surface area contributed by atoms with Crippen LogP contribution >= 0.6 is 23.2 Å². The lowest BCUT2D eigenvalue weighted by atomic mass is 9.95. The largest absolute Gasteiger partial charge is 0.350 e. The number of nitrogens with one attached hydrogen (secondary N) is 1. The van der Waals surface area contributed by atoms with Crippen molar-refractivity contribution in [2.75, 3.05) is 0 Å². The molecule has 2 aliphatic rings. The van der Waals surface area contributed by atoms with Crippen molar-refractivity contribution in [2.45, 2.75) is 31.7 Å². The number of hydrogen-bond donors (Lipinski definition) is 1. The third kappa shape index (κ3) is 3.02. The van der Waals surface area contributed by atoms with Crippen molar-refractivity contribution < 1.29 is 4.79 Å². The Morgan fingerprint density at radius 1 is 1.25 bits per heavy atom. The van der Waals surface area contributed by atoms with Gasteiger partial charge < -0.3 is 5.32 Å². The van der Waals surface area contributed by atoms with Crippen molar-refractivity contribution in [2.24, 2.45) is 11.8 Å². The highest BCUT2D eigenvalue weighted by Gasteiger charge is 2.39. The first kappa shape index (κ1) is 14.0. The van der Waals surface area contributed by atoms with Gasteiger partial charge in [-0.3, -0.25) is 4.79 Å². The van der Waals surface area contributed by atoms with E-state index in [2.05, 4.69) is 5.32 Å². The van der Waals surface area contributed by atoms with E-state index in [1.165, 1.54) is 19.3 Å². The van der Waals surface area contributed by atoms with Crippen LogP contribution in [0.15, 0.2) is 24.3 Å². The second kappa shape index (κ2) is 5.79. The summed E-state index contributed by atoms with van der Waals surface area (Å²) in [5, 5.41) is 4.27. The van der Waals surface area contributed by atoms with Gasteiger partial charge in [-0.1, -0.05) is 35.7 Å². The Hall–Kier alpha value is -0.990. The third-order valence-electron chi connectivity index (χ3n) is 4.44. The van der Waals surface area contributed by atoms with E-state index in [0.29, 0.717) is 22.0 Å². The van der Waals surface area contributed by atoms with E-state index in [0.717, 1.165) is 17.9 Å². The molecule has 1 aromatic carbocycles. The van der Waals surface area contributed by atoms with E-state index in [4.69, 9.17) is 23.2 Å². The number of fused-ring (bicyclic) bond motifs is 2. The van der Waals surface area contributed by atoms with Gasteiger partial charge in [0.2, 0.25) is 5.91 Å². The van der Waals surface area contributed by atoms with Crippen molar-refractivity contribution in [1.82, 2.24) is 5.32 Å². The van der Waals surface area contributed by atoms with Crippen molar-refractivity contribution in [3.63, 3.8) is 0 Å². The van der Waals surface area contributed by atoms with E-state index in [1.54, 1.807) is 24.3 Å². The van der Waals surface area contributed by atoms with Crippen LogP contribution in [0.25, 0.3) is 6.08 Å². The SMILES string of the molecule is O=C(/C=C/c1ccc(Cl)cc1Cl)N[C@H]1C[C@H]2CC[C@@H]1C2. The molecular weight excluding hydrogens is 293 g/mol. The number of rotatable bonds is 3. The number of carbonyl (C=O) groups excluding carboxylic acids is 1. The highest BCUT2D eigenvalue weighted by atomic mass is 35.5. The quantitative estimate of drug-likeness (QED) is 0.828. The fraction of sp³-hybridized carbons (Fsp3) is 0.438. The van der Waals surface area contributed by atoms with E-state index < -0.39 is 0 Å². The molecule has 4 heteroatoms. The zero-order valence-corrected chi connectivity index (χ0v) is 12.6. The average Bonchev–Trinajstić information content (AvgIpc) is 3.00. The van der Waals surface area contributed by atoms with Crippen molar-refractivity contribution in [3.8, 4) is 0 Å². The predicted molar refractivity (Wildman–Crippen MR) is 82.9 cm³/mol. The Kier molecular flexibility index (Phi) is 4.04. The minimum atomic E-state index is -0.0337. The van der Waals surface area contributed by atoms with Crippen LogP contribution in [0.2, 0.25) is 10.0 Å². The van der Waals surface area contributed by atoms with E-state index in [9.17, 15) is 4.79 Å². The molecular formula is C16H17Cl2NO. The van der Waals surface area contributed by atoms with E-state index >= 15 is 0 Å². The van der Waals surface area contributed by atoms with Crippen LogP contribution in [-0.4, -0.2) is 11.9 Å². The van der Waals surface area contributed by atoms with Crippen molar-refractivity contribution >= 4 is 35.2 Å². The maximum Gasteiger partial charge on any atom is 0.244 e. The topological polar surface area (TPSA) is 29.1 Å². The number of carbonyl (C=O) groups is 1. The predicted octanol–water partition coefficient (Wildman–Crippen LogP) is 4.31. The van der Waals surface area contributed by atoms with Gasteiger partial charge in [0.1, 0.15) is 0 Å². The van der Waals surface area contributed by atoms with Crippen LogP contribution in [0.1, 0.15) is 31.2 Å².